The average Bonchev–Trinajstić information content (AvgIpc) is 2.98. The molecule has 0 N–H and O–H groups in total. The van der Waals surface area contributed by atoms with Crippen molar-refractivity contribution >= 4 is 6.29 Å². The average molecular weight is 274 g/mol. The lowest BCUT2D eigenvalue weighted by molar-refractivity contribution is -0.0394. The van der Waals surface area contributed by atoms with Crippen LogP contribution >= 0.6 is 0 Å². The molecule has 4 nitrogen and oxygen atoms in total. The molecule has 1 unspecified atom stereocenters. The molecule has 0 saturated carbocycles. The number of benzene rings is 1. The number of hydrogen-bond donors (Lipinski definition) is 0. The molecule has 2 heterocycles. The molecule has 1 aromatic carbocycles. The van der Waals surface area contributed by atoms with Gasteiger partial charge in [0.2, 0.25) is 0 Å². The van der Waals surface area contributed by atoms with Crippen molar-refractivity contribution in [3.8, 4) is 11.1 Å². The Balaban J connectivity index is 1.87. The van der Waals surface area contributed by atoms with Gasteiger partial charge in [0.15, 0.2) is 6.29 Å². The zero-order chi connectivity index (χ0) is 13.9. The summed E-state index contributed by atoms with van der Waals surface area (Å²) in [5.74, 6) is -0.508. The molecule has 5 heteroatoms. The van der Waals surface area contributed by atoms with Crippen LogP contribution in [-0.4, -0.2) is 22.7 Å². The fourth-order valence-electron chi connectivity index (χ4n) is 2.39. The van der Waals surface area contributed by atoms with Crippen molar-refractivity contribution in [2.24, 2.45) is 0 Å². The second-order valence-electron chi connectivity index (χ2n) is 4.88. The van der Waals surface area contributed by atoms with Crippen LogP contribution < -0.4 is 0 Å². The highest BCUT2D eigenvalue weighted by molar-refractivity contribution is 5.79. The van der Waals surface area contributed by atoms with E-state index in [4.69, 9.17) is 4.74 Å². The van der Waals surface area contributed by atoms with Gasteiger partial charge in [-0.2, -0.15) is 5.10 Å². The summed E-state index contributed by atoms with van der Waals surface area (Å²) in [4.78, 5) is 10.8. The Kier molecular flexibility index (Phi) is 3.60. The van der Waals surface area contributed by atoms with E-state index in [0.29, 0.717) is 6.29 Å². The maximum atomic E-state index is 13.3. The van der Waals surface area contributed by atoms with E-state index in [-0.39, 0.29) is 11.8 Å². The van der Waals surface area contributed by atoms with E-state index in [0.717, 1.165) is 37.0 Å². The number of halogens is 1. The Morgan fingerprint density at radius 3 is 3.00 bits per heavy atom. The van der Waals surface area contributed by atoms with E-state index >= 15 is 0 Å². The minimum Gasteiger partial charge on any atom is -0.357 e. The number of hydrogen-bond acceptors (Lipinski definition) is 3. The quantitative estimate of drug-likeness (QED) is 0.807. The lowest BCUT2D eigenvalue weighted by Crippen LogP contribution is -2.18. The molecular formula is C15H15FN2O2. The number of ether oxygens (including phenoxy) is 1. The van der Waals surface area contributed by atoms with Gasteiger partial charge in [0, 0.05) is 18.4 Å². The van der Waals surface area contributed by atoms with Crippen LogP contribution in [0.1, 0.15) is 35.8 Å². The lowest BCUT2D eigenvalue weighted by Gasteiger charge is -2.22. The molecule has 3 rings (SSSR count). The molecule has 0 amide bonds. The van der Waals surface area contributed by atoms with Crippen LogP contribution in [0.3, 0.4) is 0 Å². The van der Waals surface area contributed by atoms with Gasteiger partial charge in [0.1, 0.15) is 12.0 Å². The van der Waals surface area contributed by atoms with Crippen LogP contribution in [0.4, 0.5) is 4.39 Å². The molecule has 0 radical (unpaired) electrons. The summed E-state index contributed by atoms with van der Waals surface area (Å²) in [6.07, 6.45) is 7.25. The normalized spacial score (nSPS) is 18.9. The van der Waals surface area contributed by atoms with Gasteiger partial charge in [-0.25, -0.2) is 9.07 Å². The number of aromatic nitrogens is 2. The second-order valence-corrected chi connectivity index (χ2v) is 4.88. The molecule has 0 aliphatic carbocycles. The van der Waals surface area contributed by atoms with Gasteiger partial charge in [0.25, 0.3) is 0 Å². The number of aldehydes is 1. The fourth-order valence-corrected chi connectivity index (χ4v) is 2.39. The van der Waals surface area contributed by atoms with Crippen LogP contribution in [0.2, 0.25) is 0 Å². The van der Waals surface area contributed by atoms with Crippen molar-refractivity contribution in [2.45, 2.75) is 25.5 Å². The third kappa shape index (κ3) is 2.49. The number of carbonyl (C=O) groups excluding carboxylic acids is 1. The van der Waals surface area contributed by atoms with Crippen molar-refractivity contribution in [1.29, 1.82) is 0 Å². The summed E-state index contributed by atoms with van der Waals surface area (Å²) in [6.45, 7) is 0.756. The van der Waals surface area contributed by atoms with Gasteiger partial charge in [-0.05, 0) is 37.0 Å². The molecule has 1 aliphatic heterocycles. The SMILES string of the molecule is O=Cc1cc(-c2cnn(C3CCCCO3)c2)ccc1F. The molecule has 104 valence electrons. The zero-order valence-corrected chi connectivity index (χ0v) is 11.0. The number of nitrogens with zero attached hydrogens (tertiary/aromatic N) is 2. The maximum Gasteiger partial charge on any atom is 0.153 e. The summed E-state index contributed by atoms with van der Waals surface area (Å²) in [5.41, 5.74) is 1.68. The van der Waals surface area contributed by atoms with Crippen LogP contribution in [0, 0.1) is 5.82 Å². The Hall–Kier alpha value is -2.01. The molecule has 1 fully saturated rings. The predicted molar refractivity (Wildman–Crippen MR) is 71.8 cm³/mol. The molecule has 20 heavy (non-hydrogen) atoms. The Bertz CT molecular complexity index is 618. The van der Waals surface area contributed by atoms with Crippen LogP contribution in [0.15, 0.2) is 30.6 Å². The van der Waals surface area contributed by atoms with E-state index < -0.39 is 5.82 Å². The van der Waals surface area contributed by atoms with Crippen molar-refractivity contribution in [1.82, 2.24) is 9.78 Å². The summed E-state index contributed by atoms with van der Waals surface area (Å²) >= 11 is 0. The van der Waals surface area contributed by atoms with E-state index in [9.17, 15) is 9.18 Å². The van der Waals surface area contributed by atoms with Crippen molar-refractivity contribution < 1.29 is 13.9 Å². The molecule has 1 aromatic heterocycles. The van der Waals surface area contributed by atoms with Gasteiger partial charge in [-0.1, -0.05) is 6.07 Å². The third-order valence-corrected chi connectivity index (χ3v) is 3.51. The fraction of sp³-hybridized carbons (Fsp3) is 0.333. The van der Waals surface area contributed by atoms with Gasteiger partial charge in [0.05, 0.1) is 11.8 Å². The van der Waals surface area contributed by atoms with E-state index in [1.807, 2.05) is 6.20 Å². The van der Waals surface area contributed by atoms with Crippen LogP contribution in [0.5, 0.6) is 0 Å². The summed E-state index contributed by atoms with van der Waals surface area (Å²) in [5, 5.41) is 4.30. The van der Waals surface area contributed by atoms with E-state index in [1.165, 1.54) is 12.1 Å². The van der Waals surface area contributed by atoms with Gasteiger partial charge >= 0.3 is 0 Å². The summed E-state index contributed by atoms with van der Waals surface area (Å²) < 4.78 is 20.8. The monoisotopic (exact) mass is 274 g/mol. The van der Waals surface area contributed by atoms with Gasteiger partial charge < -0.3 is 4.74 Å². The minimum absolute atomic E-state index is 0.0245. The smallest absolute Gasteiger partial charge is 0.153 e. The highest BCUT2D eigenvalue weighted by Gasteiger charge is 2.17. The molecule has 1 saturated heterocycles. The number of rotatable bonds is 3. The Morgan fingerprint density at radius 1 is 1.35 bits per heavy atom. The summed E-state index contributed by atoms with van der Waals surface area (Å²) in [7, 11) is 0. The zero-order valence-electron chi connectivity index (χ0n) is 11.0. The van der Waals surface area contributed by atoms with Crippen LogP contribution in [0.25, 0.3) is 11.1 Å². The minimum atomic E-state index is -0.508. The molecule has 0 bridgehead atoms. The molecule has 2 aromatic rings. The summed E-state index contributed by atoms with van der Waals surface area (Å²) in [6, 6.07) is 4.48. The van der Waals surface area contributed by atoms with Crippen LogP contribution in [-0.2, 0) is 4.74 Å². The first-order valence-corrected chi connectivity index (χ1v) is 6.69. The lowest BCUT2D eigenvalue weighted by atomic mass is 10.1. The van der Waals surface area contributed by atoms with E-state index in [1.54, 1.807) is 16.9 Å². The molecule has 1 aliphatic rings. The first kappa shape index (κ1) is 13.0. The van der Waals surface area contributed by atoms with Gasteiger partial charge in [-0.15, -0.1) is 0 Å². The topological polar surface area (TPSA) is 44.1 Å². The first-order chi connectivity index (χ1) is 9.78. The second kappa shape index (κ2) is 5.54. The standard InChI is InChI=1S/C15H15FN2O2/c16-14-5-4-11(7-12(14)10-19)13-8-17-18(9-13)15-3-1-2-6-20-15/h4-5,7-10,15H,1-3,6H2. The third-order valence-electron chi connectivity index (χ3n) is 3.51. The molecule has 1 atom stereocenters. The maximum absolute atomic E-state index is 13.3. The predicted octanol–water partition coefficient (Wildman–Crippen LogP) is 3.20. The molecule has 0 spiro atoms. The Morgan fingerprint density at radius 2 is 2.25 bits per heavy atom. The first-order valence-electron chi connectivity index (χ1n) is 6.69. The molecular weight excluding hydrogens is 259 g/mol. The largest absolute Gasteiger partial charge is 0.357 e. The van der Waals surface area contributed by atoms with Crippen molar-refractivity contribution in [3.63, 3.8) is 0 Å². The van der Waals surface area contributed by atoms with Crippen molar-refractivity contribution in [2.75, 3.05) is 6.61 Å². The highest BCUT2D eigenvalue weighted by atomic mass is 19.1. The van der Waals surface area contributed by atoms with E-state index in [2.05, 4.69) is 5.10 Å². The Labute approximate surface area is 116 Å². The van der Waals surface area contributed by atoms with Gasteiger partial charge in [-0.3, -0.25) is 4.79 Å². The highest BCUT2D eigenvalue weighted by Crippen LogP contribution is 2.26. The number of carbonyl (C=O) groups is 1. The van der Waals surface area contributed by atoms with Crippen molar-refractivity contribution in [3.05, 3.63) is 42.0 Å².